The van der Waals surface area contributed by atoms with Crippen molar-refractivity contribution in [3.8, 4) is 11.1 Å². The maximum atomic E-state index is 2.64. The van der Waals surface area contributed by atoms with Crippen LogP contribution in [0.15, 0.2) is 158 Å². The van der Waals surface area contributed by atoms with Gasteiger partial charge in [-0.2, -0.15) is 0 Å². The lowest BCUT2D eigenvalue weighted by molar-refractivity contribution is 0.972. The van der Waals surface area contributed by atoms with Crippen molar-refractivity contribution >= 4 is 71.8 Å². The summed E-state index contributed by atoms with van der Waals surface area (Å²) >= 11 is 0. The van der Waals surface area contributed by atoms with Gasteiger partial charge in [0.15, 0.2) is 0 Å². The third-order valence-corrected chi connectivity index (χ3v) is 23.3. The van der Waals surface area contributed by atoms with Gasteiger partial charge < -0.3 is 9.80 Å². The summed E-state index contributed by atoms with van der Waals surface area (Å²) in [6, 6.07) is 59.6. The standard InChI is InChI=1S/C55H56N2Si2/c1-37-21-25-45(33-39(37)3)56(43-17-13-11-14-18-43)47-27-31-49-41(35-47)23-29-51-52-30-24-42-36-48(57(44-19-15-12-16-20-44)46-26-22-38(2)40(4)34-46)28-32-50(42)54(52)55(53(49)51,58(5,6)7)59(8,9)10/h11-36H,1-10H3. The maximum absolute atomic E-state index is 2.64. The number of fused-ring (bicyclic) bond motifs is 7. The van der Waals surface area contributed by atoms with Gasteiger partial charge in [-0.15, -0.1) is 0 Å². The molecule has 0 N–H and O–H groups in total. The molecule has 1 aliphatic rings. The zero-order valence-corrected chi connectivity index (χ0v) is 38.4. The molecule has 0 atom stereocenters. The van der Waals surface area contributed by atoms with Crippen LogP contribution in [0.25, 0.3) is 32.7 Å². The van der Waals surface area contributed by atoms with Gasteiger partial charge in [-0.3, -0.25) is 0 Å². The molecule has 0 amide bonds. The zero-order valence-electron chi connectivity index (χ0n) is 36.4. The lowest BCUT2D eigenvalue weighted by Crippen LogP contribution is -2.63. The Morgan fingerprint density at radius 2 is 0.695 bits per heavy atom. The third-order valence-electron chi connectivity index (χ3n) is 13.3. The fourth-order valence-electron chi connectivity index (χ4n) is 10.7. The van der Waals surface area contributed by atoms with E-state index >= 15 is 0 Å². The third kappa shape index (κ3) is 6.19. The summed E-state index contributed by atoms with van der Waals surface area (Å²) < 4.78 is -0.0346. The van der Waals surface area contributed by atoms with Crippen LogP contribution in [0.5, 0.6) is 0 Å². The molecule has 0 aromatic heterocycles. The monoisotopic (exact) mass is 800 g/mol. The van der Waals surface area contributed by atoms with Crippen LogP contribution >= 0.6 is 0 Å². The zero-order chi connectivity index (χ0) is 41.4. The number of nitrogens with zero attached hydrogens (tertiary/aromatic N) is 2. The molecule has 0 heterocycles. The molecule has 0 radical (unpaired) electrons. The van der Waals surface area contributed by atoms with Crippen LogP contribution < -0.4 is 9.80 Å². The predicted octanol–water partition coefficient (Wildman–Crippen LogP) is 16.2. The lowest BCUT2D eigenvalue weighted by atomic mass is 9.97. The van der Waals surface area contributed by atoms with E-state index < -0.39 is 16.1 Å². The van der Waals surface area contributed by atoms with Crippen molar-refractivity contribution in [1.82, 2.24) is 0 Å². The summed E-state index contributed by atoms with van der Waals surface area (Å²) in [5, 5.41) is 5.40. The molecular formula is C55H56N2Si2. The fraction of sp³-hybridized carbons (Fsp3) is 0.200. The van der Waals surface area contributed by atoms with Crippen LogP contribution in [0.1, 0.15) is 33.4 Å². The highest BCUT2D eigenvalue weighted by molar-refractivity contribution is 7.00. The van der Waals surface area contributed by atoms with Crippen molar-refractivity contribution in [2.75, 3.05) is 9.80 Å². The smallest absolute Gasteiger partial charge is 0.0579 e. The normalized spacial score (nSPS) is 13.4. The van der Waals surface area contributed by atoms with Gasteiger partial charge in [0, 0.05) is 38.8 Å². The molecule has 8 aromatic carbocycles. The van der Waals surface area contributed by atoms with E-state index in [1.165, 1.54) is 77.7 Å². The first-order valence-corrected chi connectivity index (χ1v) is 28.2. The molecule has 0 aliphatic heterocycles. The second kappa shape index (κ2) is 14.3. The number of hydrogen-bond donors (Lipinski definition) is 0. The Labute approximate surface area is 353 Å². The van der Waals surface area contributed by atoms with Gasteiger partial charge in [0.2, 0.25) is 0 Å². The van der Waals surface area contributed by atoms with Gasteiger partial charge in [0.1, 0.15) is 0 Å². The molecule has 0 bridgehead atoms. The van der Waals surface area contributed by atoms with E-state index in [2.05, 4.69) is 235 Å². The summed E-state index contributed by atoms with van der Waals surface area (Å²) in [5.41, 5.74) is 18.3. The molecule has 0 spiro atoms. The molecule has 294 valence electrons. The van der Waals surface area contributed by atoms with Crippen molar-refractivity contribution in [2.45, 2.75) is 71.6 Å². The van der Waals surface area contributed by atoms with Gasteiger partial charge in [-0.25, -0.2) is 0 Å². The van der Waals surface area contributed by atoms with E-state index in [1.807, 2.05) is 0 Å². The highest BCUT2D eigenvalue weighted by Gasteiger charge is 2.60. The van der Waals surface area contributed by atoms with Crippen LogP contribution in [-0.2, 0) is 4.66 Å². The SMILES string of the molecule is Cc1ccc(N(c2ccccc2)c2ccc3c4c(ccc3c2)-c2ccc3cc(N(c5ccccc5)c5ccc(C)c(C)c5)ccc3c2C4([Si](C)(C)C)[Si](C)(C)C)cc1C. The highest BCUT2D eigenvalue weighted by atomic mass is 28.4. The molecule has 0 unspecified atom stereocenters. The van der Waals surface area contributed by atoms with E-state index in [1.54, 1.807) is 11.1 Å². The van der Waals surface area contributed by atoms with Crippen LogP contribution in [0.3, 0.4) is 0 Å². The first-order chi connectivity index (χ1) is 28.2. The van der Waals surface area contributed by atoms with Crippen molar-refractivity contribution in [3.63, 3.8) is 0 Å². The minimum atomic E-state index is -2.01. The maximum Gasteiger partial charge on any atom is 0.0579 e. The van der Waals surface area contributed by atoms with Crippen LogP contribution in [0.4, 0.5) is 34.1 Å². The molecule has 8 aromatic rings. The van der Waals surface area contributed by atoms with Gasteiger partial charge >= 0.3 is 0 Å². The molecule has 2 nitrogen and oxygen atoms in total. The second-order valence-corrected chi connectivity index (χ2v) is 29.9. The van der Waals surface area contributed by atoms with E-state index in [9.17, 15) is 0 Å². The number of anilines is 6. The van der Waals surface area contributed by atoms with Gasteiger partial charge in [-0.1, -0.05) is 124 Å². The van der Waals surface area contributed by atoms with Crippen molar-refractivity contribution in [3.05, 3.63) is 191 Å². The Hall–Kier alpha value is -5.69. The van der Waals surface area contributed by atoms with Crippen molar-refractivity contribution in [2.24, 2.45) is 0 Å². The summed E-state index contributed by atoms with van der Waals surface area (Å²) in [5.74, 6) is 0. The molecule has 59 heavy (non-hydrogen) atoms. The van der Waals surface area contributed by atoms with Gasteiger partial charge in [0.05, 0.1) is 16.1 Å². The van der Waals surface area contributed by atoms with E-state index in [-0.39, 0.29) is 4.66 Å². The topological polar surface area (TPSA) is 6.48 Å². The largest absolute Gasteiger partial charge is 0.310 e. The van der Waals surface area contributed by atoms with Crippen molar-refractivity contribution in [1.29, 1.82) is 0 Å². The van der Waals surface area contributed by atoms with Crippen LogP contribution in [-0.4, -0.2) is 16.1 Å². The van der Waals surface area contributed by atoms with E-state index in [0.717, 1.165) is 11.4 Å². The molecule has 0 saturated heterocycles. The Bertz CT molecular complexity index is 2700. The van der Waals surface area contributed by atoms with Crippen LogP contribution in [0, 0.1) is 27.7 Å². The quantitative estimate of drug-likeness (QED) is 0.141. The number of rotatable bonds is 8. The molecule has 9 rings (SSSR count). The first kappa shape index (κ1) is 38.8. The lowest BCUT2D eigenvalue weighted by Gasteiger charge is -2.52. The van der Waals surface area contributed by atoms with E-state index in [4.69, 9.17) is 0 Å². The van der Waals surface area contributed by atoms with Crippen LogP contribution in [0.2, 0.25) is 39.3 Å². The van der Waals surface area contributed by atoms with Gasteiger partial charge in [0.25, 0.3) is 0 Å². The summed E-state index contributed by atoms with van der Waals surface area (Å²) in [6.07, 6.45) is 0. The Morgan fingerprint density at radius 3 is 1.05 bits per heavy atom. The van der Waals surface area contributed by atoms with Crippen molar-refractivity contribution < 1.29 is 0 Å². The number of aryl methyl sites for hydroxylation is 4. The Morgan fingerprint density at radius 1 is 0.339 bits per heavy atom. The predicted molar refractivity (Wildman–Crippen MR) is 263 cm³/mol. The molecule has 1 aliphatic carbocycles. The molecule has 0 fully saturated rings. The molecule has 0 saturated carbocycles. The summed E-state index contributed by atoms with van der Waals surface area (Å²) in [4.78, 5) is 4.83. The fourth-order valence-corrected chi connectivity index (χ4v) is 23.8. The summed E-state index contributed by atoms with van der Waals surface area (Å²) in [6.45, 7) is 24.6. The average molecular weight is 801 g/mol. The molecule has 4 heteroatoms. The minimum Gasteiger partial charge on any atom is -0.310 e. The molecular weight excluding hydrogens is 745 g/mol. The average Bonchev–Trinajstić information content (AvgIpc) is 3.55. The highest BCUT2D eigenvalue weighted by Crippen LogP contribution is 2.61. The second-order valence-electron chi connectivity index (χ2n) is 18.9. The van der Waals surface area contributed by atoms with E-state index in [0.29, 0.717) is 0 Å². The summed E-state index contributed by atoms with van der Waals surface area (Å²) in [7, 11) is -4.02. The number of benzene rings is 8. The Balaban J connectivity index is 1.26. The minimum absolute atomic E-state index is 0.0346. The van der Waals surface area contributed by atoms with Gasteiger partial charge in [-0.05, 0) is 167 Å². The first-order valence-electron chi connectivity index (χ1n) is 21.2. The Kier molecular flexibility index (Phi) is 9.37. The number of para-hydroxylation sites is 2. The number of hydrogen-bond acceptors (Lipinski definition) is 2.